The van der Waals surface area contributed by atoms with E-state index in [2.05, 4.69) is 9.82 Å². The van der Waals surface area contributed by atoms with Crippen LogP contribution in [0.2, 0.25) is 0 Å². The van der Waals surface area contributed by atoms with Gasteiger partial charge in [-0.2, -0.15) is 5.10 Å². The van der Waals surface area contributed by atoms with Crippen molar-refractivity contribution in [3.05, 3.63) is 11.4 Å². The van der Waals surface area contributed by atoms with Crippen LogP contribution in [0.15, 0.2) is 4.90 Å². The summed E-state index contributed by atoms with van der Waals surface area (Å²) in [5.41, 5.74) is 6.33. The predicted molar refractivity (Wildman–Crippen MR) is 69.0 cm³/mol. The molecule has 0 bridgehead atoms. The molecule has 0 saturated heterocycles. The van der Waals surface area contributed by atoms with Gasteiger partial charge in [-0.05, 0) is 20.3 Å². The predicted octanol–water partition coefficient (Wildman–Crippen LogP) is 0.0298. The van der Waals surface area contributed by atoms with E-state index in [1.54, 1.807) is 27.8 Å². The monoisotopic (exact) mass is 273 g/mol. The summed E-state index contributed by atoms with van der Waals surface area (Å²) < 4.78 is 28.4. The molecule has 0 aliphatic rings. The molecule has 0 aliphatic carbocycles. The van der Waals surface area contributed by atoms with Crippen molar-refractivity contribution in [2.75, 3.05) is 0 Å². The Bertz CT molecular complexity index is 561. The molecule has 0 saturated carbocycles. The van der Waals surface area contributed by atoms with Gasteiger partial charge in [-0.15, -0.1) is 0 Å². The molecule has 0 fully saturated rings. The quantitative estimate of drug-likeness (QED) is 0.518. The lowest BCUT2D eigenvalue weighted by molar-refractivity contribution is 0.569. The molecular weight excluding hydrogens is 254 g/mol. The molecule has 0 radical (unpaired) electrons. The van der Waals surface area contributed by atoms with E-state index >= 15 is 0 Å². The Balaban J connectivity index is 3.18. The molecule has 0 spiro atoms. The van der Waals surface area contributed by atoms with E-state index in [0.717, 1.165) is 0 Å². The van der Waals surface area contributed by atoms with Crippen LogP contribution in [0.1, 0.15) is 24.7 Å². The summed E-state index contributed by atoms with van der Waals surface area (Å²) in [4.78, 5) is 0.157. The van der Waals surface area contributed by atoms with Gasteiger partial charge in [-0.1, -0.05) is 6.92 Å². The first-order chi connectivity index (χ1) is 8.20. The van der Waals surface area contributed by atoms with Crippen LogP contribution in [-0.2, 0) is 17.1 Å². The lowest BCUT2D eigenvalue weighted by Gasteiger charge is -2.15. The molecule has 0 amide bonds. The second-order valence-corrected chi connectivity index (χ2v) is 5.81. The van der Waals surface area contributed by atoms with E-state index in [4.69, 9.17) is 11.1 Å². The number of nitrogens with one attached hydrogen (secondary N) is 2. The first kappa shape index (κ1) is 14.7. The fraction of sp³-hybridized carbons (Fsp3) is 0.600. The highest BCUT2D eigenvalue weighted by Crippen LogP contribution is 2.18. The molecule has 1 unspecified atom stereocenters. The fourth-order valence-electron chi connectivity index (χ4n) is 1.76. The summed E-state index contributed by atoms with van der Waals surface area (Å²) in [6.07, 6.45) is 0.424. The first-order valence-corrected chi connectivity index (χ1v) is 7.05. The highest BCUT2D eigenvalue weighted by molar-refractivity contribution is 7.89. The second kappa shape index (κ2) is 5.07. The summed E-state index contributed by atoms with van der Waals surface area (Å²) in [7, 11) is -2.03. The van der Waals surface area contributed by atoms with E-state index in [0.29, 0.717) is 17.8 Å². The van der Waals surface area contributed by atoms with Crippen molar-refractivity contribution in [2.45, 2.75) is 38.1 Å². The van der Waals surface area contributed by atoms with E-state index in [-0.39, 0.29) is 10.7 Å². The van der Waals surface area contributed by atoms with Gasteiger partial charge in [0.15, 0.2) is 0 Å². The van der Waals surface area contributed by atoms with Crippen LogP contribution >= 0.6 is 0 Å². The van der Waals surface area contributed by atoms with Crippen molar-refractivity contribution >= 4 is 15.9 Å². The number of rotatable bonds is 5. The van der Waals surface area contributed by atoms with Crippen LogP contribution in [0.25, 0.3) is 0 Å². The minimum Gasteiger partial charge on any atom is -0.386 e. The van der Waals surface area contributed by atoms with Gasteiger partial charge in [-0.25, -0.2) is 13.1 Å². The van der Waals surface area contributed by atoms with E-state index in [1.807, 2.05) is 0 Å². The molecule has 0 aromatic carbocycles. The summed E-state index contributed by atoms with van der Waals surface area (Å²) >= 11 is 0. The normalized spacial score (nSPS) is 13.6. The largest absolute Gasteiger partial charge is 0.386 e. The zero-order valence-electron chi connectivity index (χ0n) is 11.0. The van der Waals surface area contributed by atoms with Crippen LogP contribution in [0.4, 0.5) is 0 Å². The van der Waals surface area contributed by atoms with Crippen molar-refractivity contribution in [1.29, 1.82) is 5.41 Å². The Hall–Kier alpha value is -1.41. The molecule has 0 aliphatic heterocycles. The van der Waals surface area contributed by atoms with E-state index in [9.17, 15) is 8.42 Å². The Kier molecular flexibility index (Phi) is 4.12. The van der Waals surface area contributed by atoms with E-state index < -0.39 is 16.1 Å². The molecule has 1 aromatic heterocycles. The molecule has 1 heterocycles. The molecule has 18 heavy (non-hydrogen) atoms. The molecule has 8 heteroatoms. The third-order valence-electron chi connectivity index (χ3n) is 2.79. The van der Waals surface area contributed by atoms with Crippen LogP contribution in [0.3, 0.4) is 0 Å². The fourth-order valence-corrected chi connectivity index (χ4v) is 3.49. The van der Waals surface area contributed by atoms with Gasteiger partial charge in [0.25, 0.3) is 0 Å². The topological polar surface area (TPSA) is 114 Å². The van der Waals surface area contributed by atoms with Crippen LogP contribution in [-0.4, -0.2) is 30.1 Å². The SMILES string of the molecule is CCC(NS(=O)(=O)c1c(C)nn(C)c1C)C(=N)N. The van der Waals surface area contributed by atoms with E-state index in [1.165, 1.54) is 4.68 Å². The summed E-state index contributed by atoms with van der Waals surface area (Å²) in [6, 6.07) is -0.686. The van der Waals surface area contributed by atoms with Crippen LogP contribution in [0.5, 0.6) is 0 Å². The number of hydrogen-bond acceptors (Lipinski definition) is 4. The Labute approximate surface area is 107 Å². The molecule has 1 aromatic rings. The zero-order chi connectivity index (χ0) is 14.1. The van der Waals surface area contributed by atoms with Gasteiger partial charge >= 0.3 is 0 Å². The average Bonchev–Trinajstić information content (AvgIpc) is 2.49. The minimum atomic E-state index is -3.71. The Morgan fingerprint density at radius 1 is 1.56 bits per heavy atom. The highest BCUT2D eigenvalue weighted by atomic mass is 32.2. The maximum absolute atomic E-state index is 12.2. The van der Waals surface area contributed by atoms with Crippen molar-refractivity contribution in [3.8, 4) is 0 Å². The lowest BCUT2D eigenvalue weighted by Crippen LogP contribution is -2.43. The third kappa shape index (κ3) is 2.70. The van der Waals surface area contributed by atoms with Gasteiger partial charge in [0.1, 0.15) is 10.7 Å². The molecule has 102 valence electrons. The average molecular weight is 273 g/mol. The van der Waals surface area contributed by atoms with Crippen LogP contribution in [0, 0.1) is 19.3 Å². The summed E-state index contributed by atoms with van der Waals surface area (Å²) in [6.45, 7) is 5.08. The smallest absolute Gasteiger partial charge is 0.244 e. The van der Waals surface area contributed by atoms with Gasteiger partial charge in [-0.3, -0.25) is 10.1 Å². The maximum Gasteiger partial charge on any atom is 0.244 e. The number of sulfonamides is 1. The number of nitrogens with two attached hydrogens (primary N) is 1. The molecule has 7 nitrogen and oxygen atoms in total. The number of aryl methyl sites for hydroxylation is 2. The summed E-state index contributed by atoms with van der Waals surface area (Å²) in [5.74, 6) is -0.194. The van der Waals surface area contributed by atoms with Gasteiger partial charge in [0.2, 0.25) is 10.0 Å². The Morgan fingerprint density at radius 2 is 2.11 bits per heavy atom. The number of aromatic nitrogens is 2. The van der Waals surface area contributed by atoms with Crippen molar-refractivity contribution < 1.29 is 8.42 Å². The molecule has 1 atom stereocenters. The minimum absolute atomic E-state index is 0.157. The maximum atomic E-state index is 12.2. The molecular formula is C10H19N5O2S. The van der Waals surface area contributed by atoms with Crippen molar-refractivity contribution in [3.63, 3.8) is 0 Å². The molecule has 4 N–H and O–H groups in total. The van der Waals surface area contributed by atoms with Gasteiger partial charge in [0, 0.05) is 7.05 Å². The Morgan fingerprint density at radius 3 is 2.44 bits per heavy atom. The zero-order valence-corrected chi connectivity index (χ0v) is 11.8. The van der Waals surface area contributed by atoms with Gasteiger partial charge < -0.3 is 5.73 Å². The van der Waals surface area contributed by atoms with Crippen molar-refractivity contribution in [1.82, 2.24) is 14.5 Å². The standard InChI is InChI=1S/C10H19N5O2S/c1-5-8(10(11)12)14-18(16,17)9-6(2)13-15(4)7(9)3/h8,14H,5H2,1-4H3,(H3,11,12). The second-order valence-electron chi connectivity index (χ2n) is 4.16. The number of amidine groups is 1. The van der Waals surface area contributed by atoms with Gasteiger partial charge in [0.05, 0.1) is 17.4 Å². The summed E-state index contributed by atoms with van der Waals surface area (Å²) in [5, 5.41) is 11.4. The third-order valence-corrected chi connectivity index (χ3v) is 4.52. The number of hydrogen-bond donors (Lipinski definition) is 3. The number of nitrogens with zero attached hydrogens (tertiary/aromatic N) is 2. The highest BCUT2D eigenvalue weighted by Gasteiger charge is 2.27. The molecule has 1 rings (SSSR count). The first-order valence-electron chi connectivity index (χ1n) is 5.57. The lowest BCUT2D eigenvalue weighted by atomic mass is 10.2. The van der Waals surface area contributed by atoms with Crippen LogP contribution < -0.4 is 10.5 Å². The van der Waals surface area contributed by atoms with Crippen molar-refractivity contribution in [2.24, 2.45) is 12.8 Å².